The average molecular weight is 718 g/mol. The zero-order chi connectivity index (χ0) is 38.5. The molecule has 0 aromatic heterocycles. The summed E-state index contributed by atoms with van der Waals surface area (Å²) in [7, 11) is 5.74. The first kappa shape index (κ1) is 44.7. The topological polar surface area (TPSA) is 184 Å². The molecule has 13 nitrogen and oxygen atoms in total. The number of rotatable bonds is 8. The quantitative estimate of drug-likeness (QED) is 0.182. The lowest BCUT2D eigenvalue weighted by molar-refractivity contribution is -0.267. The van der Waals surface area contributed by atoms with E-state index in [-0.39, 0.29) is 48.8 Å². The van der Waals surface area contributed by atoms with Crippen LogP contribution < -0.4 is 5.73 Å². The lowest BCUT2D eigenvalue weighted by Crippen LogP contribution is -2.59. The molecule has 3 unspecified atom stereocenters. The molecular weight excluding hydrogens is 646 g/mol. The number of cyclic esters (lactones) is 1. The number of aliphatic hydroxyl groups is 4. The molecule has 2 saturated heterocycles. The Labute approximate surface area is 301 Å². The van der Waals surface area contributed by atoms with Gasteiger partial charge in [-0.3, -0.25) is 9.59 Å². The highest BCUT2D eigenvalue weighted by Gasteiger charge is 2.49. The summed E-state index contributed by atoms with van der Waals surface area (Å²) in [5.41, 5.74) is 4.36. The predicted molar refractivity (Wildman–Crippen MR) is 191 cm³/mol. The van der Waals surface area contributed by atoms with Crippen molar-refractivity contribution in [2.75, 3.05) is 34.3 Å². The van der Waals surface area contributed by atoms with Gasteiger partial charge in [0.05, 0.1) is 18.8 Å². The van der Waals surface area contributed by atoms with Crippen LogP contribution in [-0.2, 0) is 28.5 Å². The summed E-state index contributed by atoms with van der Waals surface area (Å²) in [5, 5.41) is 45.6. The summed E-state index contributed by atoms with van der Waals surface area (Å²) < 4.78 is 24.5. The van der Waals surface area contributed by atoms with Crippen LogP contribution in [0.3, 0.4) is 0 Å². The molecule has 2 heterocycles. The molecule has 0 bridgehead atoms. The molecule has 2 aliphatic rings. The Kier molecular flexibility index (Phi) is 16.6. The van der Waals surface area contributed by atoms with Gasteiger partial charge in [-0.25, -0.2) is 0 Å². The summed E-state index contributed by atoms with van der Waals surface area (Å²) in [5.74, 6) is -6.18. The van der Waals surface area contributed by atoms with E-state index < -0.39 is 71.8 Å². The molecule has 2 fully saturated rings. The minimum absolute atomic E-state index is 0.0145. The van der Waals surface area contributed by atoms with E-state index in [0.29, 0.717) is 19.4 Å². The molecule has 0 spiro atoms. The number of likely N-dealkylation sites (N-methyl/N-ethyl adjacent to an activating group) is 2. The van der Waals surface area contributed by atoms with Gasteiger partial charge in [0.1, 0.15) is 29.8 Å². The van der Waals surface area contributed by atoms with E-state index in [1.165, 1.54) is 13.8 Å². The first-order valence-corrected chi connectivity index (χ1v) is 18.6. The van der Waals surface area contributed by atoms with Crippen molar-refractivity contribution in [3.8, 4) is 0 Å². The van der Waals surface area contributed by atoms with Gasteiger partial charge < -0.3 is 54.9 Å². The highest BCUT2D eigenvalue weighted by molar-refractivity contribution is 5.76. The van der Waals surface area contributed by atoms with Crippen molar-refractivity contribution in [1.29, 1.82) is 0 Å². The summed E-state index contributed by atoms with van der Waals surface area (Å²) in [4.78, 5) is 30.5. The van der Waals surface area contributed by atoms with E-state index >= 15 is 0 Å². The van der Waals surface area contributed by atoms with Crippen LogP contribution in [0.2, 0.25) is 0 Å². The molecule has 14 atom stereocenters. The van der Waals surface area contributed by atoms with Crippen molar-refractivity contribution in [3.05, 3.63) is 0 Å². The second-order valence-corrected chi connectivity index (χ2v) is 16.5. The molecule has 50 heavy (non-hydrogen) atoms. The van der Waals surface area contributed by atoms with Gasteiger partial charge in [0.15, 0.2) is 18.2 Å². The third-order valence-corrected chi connectivity index (χ3v) is 11.6. The van der Waals surface area contributed by atoms with E-state index in [1.807, 2.05) is 58.6 Å². The van der Waals surface area contributed by atoms with E-state index in [0.717, 1.165) is 6.42 Å². The molecule has 0 aliphatic carbocycles. The average Bonchev–Trinajstić information content (AvgIpc) is 3.03. The fraction of sp³-hybridized carbons (Fsp3) is 0.946. The molecule has 2 rings (SSSR count). The Morgan fingerprint density at radius 3 is 2.22 bits per heavy atom. The molecule has 0 amide bonds. The van der Waals surface area contributed by atoms with Crippen LogP contribution in [0, 0.1) is 35.5 Å². The minimum atomic E-state index is -2.45. The number of carbonyl (C=O) groups is 2. The van der Waals surface area contributed by atoms with Gasteiger partial charge >= 0.3 is 11.9 Å². The highest BCUT2D eigenvalue weighted by Crippen LogP contribution is 2.37. The fourth-order valence-electron chi connectivity index (χ4n) is 7.52. The van der Waals surface area contributed by atoms with Crippen molar-refractivity contribution in [2.45, 2.75) is 155 Å². The standard InChI is InChI=1S/C37H71N3O10/c1-14-29-36(10,44)32(41)26(9)40(13)18-21(4)15-22(5)27(16-23(6)37(45,46)25(8)33(42)49-29)19-47-35-31(50-34(43)30(38)20(2)3)28(39(11)12)17-24(7)48-35/h20-32,35,41,44-46H,14-19,38H2,1-13H3/t21-,22?,23-,24-,25+,26-,27+,28+,29-,30?,31?,32-,35-,36-/m1/s1. The molecule has 294 valence electrons. The van der Waals surface area contributed by atoms with Gasteiger partial charge in [-0.05, 0) is 98.2 Å². The number of carbonyl (C=O) groups excluding carboxylic acids is 2. The summed E-state index contributed by atoms with van der Waals surface area (Å²) in [6, 6.07) is -1.46. The first-order chi connectivity index (χ1) is 23.0. The van der Waals surface area contributed by atoms with E-state index in [2.05, 4.69) is 13.8 Å². The maximum Gasteiger partial charge on any atom is 0.323 e. The number of hydrogen-bond donors (Lipinski definition) is 5. The van der Waals surface area contributed by atoms with Gasteiger partial charge in [-0.1, -0.05) is 41.5 Å². The van der Waals surface area contributed by atoms with Gasteiger partial charge in [0.2, 0.25) is 0 Å². The van der Waals surface area contributed by atoms with Crippen LogP contribution in [0.15, 0.2) is 0 Å². The van der Waals surface area contributed by atoms with Gasteiger partial charge in [0.25, 0.3) is 0 Å². The lowest BCUT2D eigenvalue weighted by atomic mass is 9.77. The maximum atomic E-state index is 13.4. The number of ether oxygens (including phenoxy) is 4. The fourth-order valence-corrected chi connectivity index (χ4v) is 7.52. The van der Waals surface area contributed by atoms with Crippen molar-refractivity contribution >= 4 is 11.9 Å². The number of aliphatic hydroxyl groups excluding tert-OH is 1. The Morgan fingerprint density at radius 1 is 1.08 bits per heavy atom. The minimum Gasteiger partial charge on any atom is -0.459 e. The van der Waals surface area contributed by atoms with Crippen LogP contribution in [0.5, 0.6) is 0 Å². The Hall–Kier alpha value is -1.42. The van der Waals surface area contributed by atoms with E-state index in [4.69, 9.17) is 24.7 Å². The number of nitrogens with two attached hydrogens (primary N) is 1. The van der Waals surface area contributed by atoms with Crippen LogP contribution in [-0.4, -0.2) is 137 Å². The Bertz CT molecular complexity index is 1070. The Balaban J connectivity index is 2.46. The third kappa shape index (κ3) is 11.1. The second-order valence-electron chi connectivity index (χ2n) is 16.5. The zero-order valence-electron chi connectivity index (χ0n) is 33.0. The molecule has 2 aliphatic heterocycles. The summed E-state index contributed by atoms with van der Waals surface area (Å²) >= 11 is 0. The van der Waals surface area contributed by atoms with E-state index in [9.17, 15) is 30.0 Å². The molecule has 0 aromatic rings. The van der Waals surface area contributed by atoms with Gasteiger partial charge in [0, 0.05) is 18.5 Å². The largest absolute Gasteiger partial charge is 0.459 e. The molecule has 0 saturated carbocycles. The number of hydrogen-bond acceptors (Lipinski definition) is 13. The smallest absolute Gasteiger partial charge is 0.323 e. The summed E-state index contributed by atoms with van der Waals surface area (Å²) in [6.45, 7) is 18.7. The SMILES string of the molecule is CC[C@H]1OC(=O)[C@H](C)C(O)(O)[C@H](C)C[C@@H](CO[C@@H]2O[C@H](C)C[C@H](N(C)C)C2OC(=O)C(N)C(C)C)C(C)C[C@@H](C)CN(C)[C@H](C)[C@@H](O)[C@]1(C)O. The molecule has 6 N–H and O–H groups in total. The van der Waals surface area contributed by atoms with Crippen molar-refractivity contribution < 1.29 is 49.0 Å². The normalized spacial score (nSPS) is 40.8. The molecular formula is C37H71N3O10. The molecule has 0 aromatic carbocycles. The highest BCUT2D eigenvalue weighted by atomic mass is 16.7. The third-order valence-electron chi connectivity index (χ3n) is 11.6. The van der Waals surface area contributed by atoms with Crippen LogP contribution in [0.4, 0.5) is 0 Å². The van der Waals surface area contributed by atoms with Gasteiger partial charge in [-0.2, -0.15) is 0 Å². The van der Waals surface area contributed by atoms with Crippen LogP contribution in [0.25, 0.3) is 0 Å². The molecule has 0 radical (unpaired) electrons. The second kappa shape index (κ2) is 18.6. The maximum absolute atomic E-state index is 13.4. The van der Waals surface area contributed by atoms with E-state index in [1.54, 1.807) is 13.8 Å². The van der Waals surface area contributed by atoms with Crippen LogP contribution >= 0.6 is 0 Å². The van der Waals surface area contributed by atoms with Crippen molar-refractivity contribution in [3.63, 3.8) is 0 Å². The van der Waals surface area contributed by atoms with Crippen molar-refractivity contribution in [2.24, 2.45) is 41.2 Å². The Morgan fingerprint density at radius 2 is 1.68 bits per heavy atom. The summed E-state index contributed by atoms with van der Waals surface area (Å²) in [6.07, 6.45) is -2.28. The lowest BCUT2D eigenvalue weighted by Gasteiger charge is -2.44. The first-order valence-electron chi connectivity index (χ1n) is 18.6. The predicted octanol–water partition coefficient (Wildman–Crippen LogP) is 2.35. The zero-order valence-corrected chi connectivity index (χ0v) is 33.0. The van der Waals surface area contributed by atoms with Crippen LogP contribution in [0.1, 0.15) is 94.9 Å². The molecule has 13 heteroatoms. The van der Waals surface area contributed by atoms with Crippen molar-refractivity contribution in [1.82, 2.24) is 9.80 Å². The van der Waals surface area contributed by atoms with Gasteiger partial charge in [-0.15, -0.1) is 0 Å². The number of esters is 2. The number of nitrogens with zero attached hydrogens (tertiary/aromatic N) is 2. The monoisotopic (exact) mass is 718 g/mol.